The second-order valence-electron chi connectivity index (χ2n) is 6.28. The summed E-state index contributed by atoms with van der Waals surface area (Å²) in [6.07, 6.45) is 3.32. The molecule has 29 heavy (non-hydrogen) atoms. The fourth-order valence-electron chi connectivity index (χ4n) is 2.72. The molecule has 2 aromatic rings. The lowest BCUT2D eigenvalue weighted by atomic mass is 10.2. The highest BCUT2D eigenvalue weighted by Gasteiger charge is 2.26. The first-order valence-corrected chi connectivity index (χ1v) is 11.5. The minimum absolute atomic E-state index is 0.145. The summed E-state index contributed by atoms with van der Waals surface area (Å²) in [5.74, 6) is 0.0625. The highest BCUT2D eigenvalue weighted by atomic mass is 32.2. The molecule has 11 heteroatoms. The van der Waals surface area contributed by atoms with Gasteiger partial charge in [-0.25, -0.2) is 8.42 Å². The molecule has 1 amide bonds. The van der Waals surface area contributed by atoms with Crippen molar-refractivity contribution in [1.82, 2.24) is 24.4 Å². The molecule has 1 fully saturated rings. The van der Waals surface area contributed by atoms with Crippen LogP contribution in [0.5, 0.6) is 0 Å². The fourth-order valence-corrected chi connectivity index (χ4v) is 4.88. The first kappa shape index (κ1) is 21.5. The summed E-state index contributed by atoms with van der Waals surface area (Å²) in [4.78, 5) is 12.3. The van der Waals surface area contributed by atoms with Gasteiger partial charge in [0.05, 0.1) is 23.9 Å². The van der Waals surface area contributed by atoms with Crippen LogP contribution in [0.25, 0.3) is 0 Å². The molecule has 0 bridgehead atoms. The van der Waals surface area contributed by atoms with Crippen molar-refractivity contribution in [2.24, 2.45) is 0 Å². The van der Waals surface area contributed by atoms with Crippen molar-refractivity contribution in [1.29, 1.82) is 0 Å². The van der Waals surface area contributed by atoms with Crippen molar-refractivity contribution in [3.8, 4) is 0 Å². The topological polar surface area (TPSA) is 106 Å². The first-order chi connectivity index (χ1) is 14.0. The van der Waals surface area contributed by atoms with Gasteiger partial charge in [-0.2, -0.15) is 4.31 Å². The Morgan fingerprint density at radius 3 is 2.69 bits per heavy atom. The van der Waals surface area contributed by atoms with E-state index in [2.05, 4.69) is 22.1 Å². The third-order valence-corrected chi connectivity index (χ3v) is 7.15. The zero-order valence-electron chi connectivity index (χ0n) is 15.9. The van der Waals surface area contributed by atoms with Crippen molar-refractivity contribution in [2.45, 2.75) is 23.1 Å². The number of allylic oxidation sites excluding steroid dienone is 1. The summed E-state index contributed by atoms with van der Waals surface area (Å²) >= 11 is 1.29. The van der Waals surface area contributed by atoms with E-state index >= 15 is 0 Å². The van der Waals surface area contributed by atoms with Crippen LogP contribution in [0.4, 0.5) is 0 Å². The van der Waals surface area contributed by atoms with Gasteiger partial charge in [-0.15, -0.1) is 16.8 Å². The van der Waals surface area contributed by atoms with Crippen LogP contribution >= 0.6 is 11.8 Å². The molecule has 0 radical (unpaired) electrons. The summed E-state index contributed by atoms with van der Waals surface area (Å²) in [6.45, 7) is 6.10. The Labute approximate surface area is 174 Å². The minimum Gasteiger partial charge on any atom is -0.379 e. The maximum Gasteiger partial charge on any atom is 0.243 e. The standard InChI is InChI=1S/C18H23N5O4S2/c1-2-7-22-14-20-21-18(22)28-13-17(24)19-12-15-3-5-16(6-4-15)29(25,26)23-8-10-27-11-9-23/h2-6,14H,1,7-13H2,(H,19,24). The van der Waals surface area contributed by atoms with Crippen LogP contribution in [-0.4, -0.2) is 65.5 Å². The van der Waals surface area contributed by atoms with E-state index < -0.39 is 10.0 Å². The Balaban J connectivity index is 1.50. The Bertz CT molecular complexity index is 937. The SMILES string of the molecule is C=CCn1cnnc1SCC(=O)NCc1ccc(S(=O)(=O)N2CCOCC2)cc1. The van der Waals surface area contributed by atoms with Crippen molar-refractivity contribution in [3.05, 3.63) is 48.8 Å². The Morgan fingerprint density at radius 2 is 2.00 bits per heavy atom. The molecular formula is C18H23N5O4S2. The summed E-state index contributed by atoms with van der Waals surface area (Å²) < 4.78 is 33.7. The van der Waals surface area contributed by atoms with E-state index in [9.17, 15) is 13.2 Å². The number of nitrogens with zero attached hydrogens (tertiary/aromatic N) is 4. The zero-order chi connectivity index (χ0) is 20.7. The lowest BCUT2D eigenvalue weighted by Gasteiger charge is -2.26. The number of carbonyl (C=O) groups excluding carboxylic acids is 1. The van der Waals surface area contributed by atoms with Crippen molar-refractivity contribution in [2.75, 3.05) is 32.1 Å². The predicted octanol–water partition coefficient (Wildman–Crippen LogP) is 0.894. The monoisotopic (exact) mass is 437 g/mol. The molecular weight excluding hydrogens is 414 g/mol. The molecule has 0 spiro atoms. The van der Waals surface area contributed by atoms with E-state index in [1.54, 1.807) is 41.2 Å². The van der Waals surface area contributed by atoms with E-state index in [-0.39, 0.29) is 16.6 Å². The summed E-state index contributed by atoms with van der Waals surface area (Å²) in [7, 11) is -3.51. The molecule has 9 nitrogen and oxygen atoms in total. The molecule has 156 valence electrons. The number of hydrogen-bond acceptors (Lipinski definition) is 7. The summed E-state index contributed by atoms with van der Waals surface area (Å²) in [5.41, 5.74) is 0.819. The number of hydrogen-bond donors (Lipinski definition) is 1. The Morgan fingerprint density at radius 1 is 1.28 bits per heavy atom. The van der Waals surface area contributed by atoms with Crippen LogP contribution in [-0.2, 0) is 32.6 Å². The summed E-state index contributed by atoms with van der Waals surface area (Å²) in [5, 5.41) is 11.3. The smallest absolute Gasteiger partial charge is 0.243 e. The second kappa shape index (κ2) is 10.0. The van der Waals surface area contributed by atoms with Gasteiger partial charge in [-0.1, -0.05) is 30.0 Å². The normalized spacial score (nSPS) is 15.2. The van der Waals surface area contributed by atoms with Crippen molar-refractivity contribution >= 4 is 27.7 Å². The molecule has 1 N–H and O–H groups in total. The van der Waals surface area contributed by atoms with Crippen LogP contribution < -0.4 is 5.32 Å². The van der Waals surface area contributed by atoms with Gasteiger partial charge < -0.3 is 14.6 Å². The highest BCUT2D eigenvalue weighted by molar-refractivity contribution is 7.99. The molecule has 1 aliphatic rings. The van der Waals surface area contributed by atoms with Crippen LogP contribution in [0.2, 0.25) is 0 Å². The van der Waals surface area contributed by atoms with Gasteiger partial charge in [0, 0.05) is 26.2 Å². The number of ether oxygens (including phenoxy) is 1. The van der Waals surface area contributed by atoms with Crippen LogP contribution in [0, 0.1) is 0 Å². The van der Waals surface area contributed by atoms with E-state index in [1.807, 2.05) is 0 Å². The highest BCUT2D eigenvalue weighted by Crippen LogP contribution is 2.18. The molecule has 1 saturated heterocycles. The van der Waals surface area contributed by atoms with Gasteiger partial charge >= 0.3 is 0 Å². The molecule has 0 aliphatic carbocycles. The molecule has 2 heterocycles. The average Bonchev–Trinajstić information content (AvgIpc) is 3.19. The molecule has 1 aliphatic heterocycles. The quantitative estimate of drug-likeness (QED) is 0.459. The summed E-state index contributed by atoms with van der Waals surface area (Å²) in [6, 6.07) is 6.56. The predicted molar refractivity (Wildman–Crippen MR) is 109 cm³/mol. The van der Waals surface area contributed by atoms with Crippen LogP contribution in [0.3, 0.4) is 0 Å². The largest absolute Gasteiger partial charge is 0.379 e. The Hall–Kier alpha value is -2.21. The van der Waals surface area contributed by atoms with E-state index in [1.165, 1.54) is 16.1 Å². The number of carbonyl (C=O) groups is 1. The Kier molecular flexibility index (Phi) is 7.42. The maximum absolute atomic E-state index is 12.6. The zero-order valence-corrected chi connectivity index (χ0v) is 17.5. The van der Waals surface area contributed by atoms with E-state index in [4.69, 9.17) is 4.74 Å². The lowest BCUT2D eigenvalue weighted by Crippen LogP contribution is -2.40. The molecule has 0 atom stereocenters. The first-order valence-electron chi connectivity index (χ1n) is 9.06. The van der Waals surface area contributed by atoms with E-state index in [0.29, 0.717) is 44.5 Å². The number of morpholine rings is 1. The second-order valence-corrected chi connectivity index (χ2v) is 9.16. The van der Waals surface area contributed by atoms with Gasteiger partial charge in [0.25, 0.3) is 0 Å². The van der Waals surface area contributed by atoms with Gasteiger partial charge in [0.1, 0.15) is 6.33 Å². The fraction of sp³-hybridized carbons (Fsp3) is 0.389. The van der Waals surface area contributed by atoms with Gasteiger partial charge in [0.2, 0.25) is 15.9 Å². The van der Waals surface area contributed by atoms with Crippen LogP contribution in [0.1, 0.15) is 5.56 Å². The minimum atomic E-state index is -3.51. The van der Waals surface area contributed by atoms with Gasteiger partial charge in [-0.05, 0) is 17.7 Å². The number of benzene rings is 1. The van der Waals surface area contributed by atoms with E-state index in [0.717, 1.165) is 5.56 Å². The number of rotatable bonds is 9. The third kappa shape index (κ3) is 5.66. The number of nitrogens with one attached hydrogen (secondary N) is 1. The van der Waals surface area contributed by atoms with Crippen LogP contribution in [0.15, 0.2) is 53.3 Å². The number of amides is 1. The average molecular weight is 438 g/mol. The van der Waals surface area contributed by atoms with Crippen molar-refractivity contribution in [3.63, 3.8) is 0 Å². The molecule has 0 unspecified atom stereocenters. The molecule has 0 saturated carbocycles. The van der Waals surface area contributed by atoms with Gasteiger partial charge in [0.15, 0.2) is 5.16 Å². The third-order valence-electron chi connectivity index (χ3n) is 4.26. The maximum atomic E-state index is 12.6. The van der Waals surface area contributed by atoms with Crippen molar-refractivity contribution < 1.29 is 17.9 Å². The molecule has 1 aromatic carbocycles. The number of thioether (sulfide) groups is 1. The van der Waals surface area contributed by atoms with Gasteiger partial charge in [-0.3, -0.25) is 4.79 Å². The number of aromatic nitrogens is 3. The lowest BCUT2D eigenvalue weighted by molar-refractivity contribution is -0.118. The molecule has 3 rings (SSSR count). The number of sulfonamides is 1. The molecule has 1 aromatic heterocycles.